The second-order valence-electron chi connectivity index (χ2n) is 9.53. The van der Waals surface area contributed by atoms with E-state index in [1.165, 1.54) is 0 Å². The summed E-state index contributed by atoms with van der Waals surface area (Å²) in [5.74, 6) is 1.63. The number of carbonyl (C=O) groups is 2. The second-order valence-corrected chi connectivity index (χ2v) is 9.96. The van der Waals surface area contributed by atoms with Crippen molar-refractivity contribution in [2.24, 2.45) is 4.99 Å². The Balaban J connectivity index is 1.68. The highest BCUT2D eigenvalue weighted by atomic mass is 35.5. The van der Waals surface area contributed by atoms with E-state index in [0.29, 0.717) is 18.1 Å². The minimum atomic E-state index is -0.0162. The summed E-state index contributed by atoms with van der Waals surface area (Å²) in [6, 6.07) is 7.89. The van der Waals surface area contributed by atoms with E-state index in [9.17, 15) is 9.59 Å². The van der Waals surface area contributed by atoms with Gasteiger partial charge in [-0.3, -0.25) is 14.6 Å². The van der Waals surface area contributed by atoms with Crippen LogP contribution >= 0.6 is 11.6 Å². The number of amides is 1. The number of fused-ring (bicyclic) bond motifs is 1. The topological polar surface area (TPSA) is 59.5 Å². The molecule has 1 fully saturated rings. The fourth-order valence-electron chi connectivity index (χ4n) is 5.19. The average molecular weight is 498 g/mol. The first kappa shape index (κ1) is 25.3. The Bertz CT molecular complexity index is 1010. The zero-order valence-electron chi connectivity index (χ0n) is 20.8. The van der Waals surface area contributed by atoms with Gasteiger partial charge in [-0.1, -0.05) is 50.1 Å². The van der Waals surface area contributed by atoms with Crippen LogP contribution in [0.4, 0.5) is 0 Å². The van der Waals surface area contributed by atoms with Gasteiger partial charge in [-0.15, -0.1) is 0 Å². The standard InChI is InChI=1S/C27H36ClN5O2/c1-4-5-6-14-32-25(31-15-7-8-24(31)20(2)30(3)17-18-34)19-26(35)33-16-13-23(29-27(32)33)21-9-11-22(28)12-10-21/h9-12,18-19,23-24H,2,4-8,13-17H2,1,3H3. The first-order valence-electron chi connectivity index (χ1n) is 12.7. The molecule has 7 nitrogen and oxygen atoms in total. The van der Waals surface area contributed by atoms with Gasteiger partial charge in [0, 0.05) is 43.5 Å². The van der Waals surface area contributed by atoms with Crippen LogP contribution in [0.1, 0.15) is 57.1 Å². The summed E-state index contributed by atoms with van der Waals surface area (Å²) in [6.45, 7) is 9.09. The number of hydrogen-bond acceptors (Lipinski definition) is 6. The zero-order chi connectivity index (χ0) is 24.9. The number of likely N-dealkylation sites (tertiary alicyclic amines) is 1. The molecule has 1 aromatic carbocycles. The van der Waals surface area contributed by atoms with E-state index in [-0.39, 0.29) is 18.0 Å². The highest BCUT2D eigenvalue weighted by molar-refractivity contribution is 6.30. The lowest BCUT2D eigenvalue weighted by molar-refractivity contribution is -0.124. The van der Waals surface area contributed by atoms with E-state index in [1.807, 2.05) is 41.1 Å². The maximum absolute atomic E-state index is 13.3. The molecule has 2 unspecified atom stereocenters. The van der Waals surface area contributed by atoms with Gasteiger partial charge in [-0.05, 0) is 43.4 Å². The Kier molecular flexibility index (Phi) is 8.16. The molecule has 0 spiro atoms. The summed E-state index contributed by atoms with van der Waals surface area (Å²) in [5.41, 5.74) is 2.02. The molecule has 188 valence electrons. The van der Waals surface area contributed by atoms with E-state index in [2.05, 4.69) is 23.3 Å². The van der Waals surface area contributed by atoms with E-state index in [1.54, 1.807) is 6.08 Å². The molecule has 4 rings (SSSR count). The molecule has 1 aromatic rings. The minimum Gasteiger partial charge on any atom is -0.370 e. The zero-order valence-corrected chi connectivity index (χ0v) is 21.6. The molecule has 3 aliphatic heterocycles. The minimum absolute atomic E-state index is 0.0117. The number of benzene rings is 1. The van der Waals surface area contributed by atoms with Gasteiger partial charge >= 0.3 is 0 Å². The molecule has 2 atom stereocenters. The SMILES string of the molecule is C=C(C1CCCN1C1=CC(=O)N2CCC(c3ccc(Cl)cc3)N=C2N1CCCCC)N(C)CC=O. The van der Waals surface area contributed by atoms with Crippen molar-refractivity contribution < 1.29 is 9.59 Å². The van der Waals surface area contributed by atoms with Gasteiger partial charge in [0.2, 0.25) is 5.96 Å². The predicted molar refractivity (Wildman–Crippen MR) is 140 cm³/mol. The third-order valence-electron chi connectivity index (χ3n) is 7.19. The van der Waals surface area contributed by atoms with Crippen molar-refractivity contribution in [2.45, 2.75) is 57.5 Å². The smallest absolute Gasteiger partial charge is 0.256 e. The molecule has 35 heavy (non-hydrogen) atoms. The van der Waals surface area contributed by atoms with Crippen molar-refractivity contribution >= 4 is 29.8 Å². The average Bonchev–Trinajstić information content (AvgIpc) is 3.35. The van der Waals surface area contributed by atoms with Gasteiger partial charge in [0.15, 0.2) is 0 Å². The number of unbranched alkanes of at least 4 members (excludes halogenated alkanes) is 2. The number of aldehydes is 1. The van der Waals surface area contributed by atoms with E-state index in [4.69, 9.17) is 16.6 Å². The van der Waals surface area contributed by atoms with Crippen molar-refractivity contribution in [1.82, 2.24) is 19.6 Å². The maximum atomic E-state index is 13.3. The molecule has 0 radical (unpaired) electrons. The molecule has 0 N–H and O–H groups in total. The summed E-state index contributed by atoms with van der Waals surface area (Å²) in [6.07, 6.45) is 8.66. The van der Waals surface area contributed by atoms with Crippen LogP contribution in [0.15, 0.2) is 53.4 Å². The molecule has 0 aliphatic carbocycles. The van der Waals surface area contributed by atoms with Gasteiger partial charge in [0.1, 0.15) is 12.1 Å². The number of carbonyl (C=O) groups excluding carboxylic acids is 2. The van der Waals surface area contributed by atoms with Crippen molar-refractivity contribution in [2.75, 3.05) is 33.2 Å². The lowest BCUT2D eigenvalue weighted by atomic mass is 10.0. The number of aliphatic imine (C=N–C) groups is 1. The Labute approximate surface area is 213 Å². The third kappa shape index (κ3) is 5.40. The van der Waals surface area contributed by atoms with Gasteiger partial charge in [-0.2, -0.15) is 0 Å². The molecule has 1 saturated heterocycles. The number of likely N-dealkylation sites (N-methyl/N-ethyl adjacent to an activating group) is 1. The normalized spacial score (nSPS) is 22.0. The van der Waals surface area contributed by atoms with Crippen molar-refractivity contribution in [3.05, 3.63) is 59.0 Å². The molecule has 0 bridgehead atoms. The molecule has 0 saturated carbocycles. The number of guanidine groups is 1. The predicted octanol–water partition coefficient (Wildman–Crippen LogP) is 4.43. The molecule has 0 aromatic heterocycles. The van der Waals surface area contributed by atoms with Crippen LogP contribution < -0.4 is 0 Å². The van der Waals surface area contributed by atoms with Crippen molar-refractivity contribution in [3.63, 3.8) is 0 Å². The summed E-state index contributed by atoms with van der Waals surface area (Å²) in [7, 11) is 1.90. The Morgan fingerprint density at radius 3 is 2.71 bits per heavy atom. The summed E-state index contributed by atoms with van der Waals surface area (Å²) in [4.78, 5) is 37.8. The molecular formula is C27H36ClN5O2. The quantitative estimate of drug-likeness (QED) is 0.353. The summed E-state index contributed by atoms with van der Waals surface area (Å²) >= 11 is 6.11. The second kappa shape index (κ2) is 11.3. The van der Waals surface area contributed by atoms with Crippen LogP contribution in [0.25, 0.3) is 0 Å². The number of nitrogens with zero attached hydrogens (tertiary/aromatic N) is 5. The van der Waals surface area contributed by atoms with Crippen LogP contribution in [0.2, 0.25) is 5.02 Å². The Morgan fingerprint density at radius 2 is 2.00 bits per heavy atom. The van der Waals surface area contributed by atoms with Gasteiger partial charge < -0.3 is 14.6 Å². The lowest BCUT2D eigenvalue weighted by Gasteiger charge is -2.45. The Hall–Kier alpha value is -2.80. The van der Waals surface area contributed by atoms with E-state index < -0.39 is 0 Å². The fraction of sp³-hybridized carbons (Fsp3) is 0.519. The van der Waals surface area contributed by atoms with E-state index >= 15 is 0 Å². The molecule has 1 amide bonds. The highest BCUT2D eigenvalue weighted by Gasteiger charge is 2.40. The number of hydrogen-bond donors (Lipinski definition) is 0. The fourth-order valence-corrected chi connectivity index (χ4v) is 5.31. The summed E-state index contributed by atoms with van der Waals surface area (Å²) < 4.78 is 0. The van der Waals surface area contributed by atoms with Gasteiger partial charge in [0.05, 0.1) is 18.6 Å². The maximum Gasteiger partial charge on any atom is 0.256 e. The van der Waals surface area contributed by atoms with Gasteiger partial charge in [0.25, 0.3) is 5.91 Å². The molecule has 3 heterocycles. The lowest BCUT2D eigenvalue weighted by Crippen LogP contribution is -2.56. The first-order chi connectivity index (χ1) is 16.9. The van der Waals surface area contributed by atoms with Crippen LogP contribution in [0.3, 0.4) is 0 Å². The monoisotopic (exact) mass is 497 g/mol. The van der Waals surface area contributed by atoms with Crippen molar-refractivity contribution in [3.8, 4) is 0 Å². The number of halogens is 1. The van der Waals surface area contributed by atoms with Crippen LogP contribution in [0.5, 0.6) is 0 Å². The Morgan fingerprint density at radius 1 is 1.23 bits per heavy atom. The molecule has 3 aliphatic rings. The largest absolute Gasteiger partial charge is 0.370 e. The molecular weight excluding hydrogens is 462 g/mol. The van der Waals surface area contributed by atoms with Crippen LogP contribution in [-0.2, 0) is 9.59 Å². The number of rotatable bonds is 10. The van der Waals surface area contributed by atoms with Crippen molar-refractivity contribution in [1.29, 1.82) is 0 Å². The summed E-state index contributed by atoms with van der Waals surface area (Å²) in [5, 5.41) is 0.706. The third-order valence-corrected chi connectivity index (χ3v) is 7.44. The highest BCUT2D eigenvalue weighted by Crippen LogP contribution is 2.35. The van der Waals surface area contributed by atoms with Crippen LogP contribution in [0, 0.1) is 0 Å². The molecule has 8 heteroatoms. The van der Waals surface area contributed by atoms with Crippen LogP contribution in [-0.4, -0.2) is 77.0 Å². The van der Waals surface area contributed by atoms with E-state index in [0.717, 1.165) is 80.9 Å². The first-order valence-corrected chi connectivity index (χ1v) is 13.1. The van der Waals surface area contributed by atoms with Gasteiger partial charge in [-0.25, -0.2) is 4.99 Å².